The van der Waals surface area contributed by atoms with E-state index in [1.54, 1.807) is 24.3 Å². The van der Waals surface area contributed by atoms with Crippen molar-refractivity contribution in [1.82, 2.24) is 0 Å². The van der Waals surface area contributed by atoms with Gasteiger partial charge in [-0.3, -0.25) is 0 Å². The van der Waals surface area contributed by atoms with Gasteiger partial charge < -0.3 is 10.2 Å². The van der Waals surface area contributed by atoms with E-state index in [0.29, 0.717) is 5.39 Å². The van der Waals surface area contributed by atoms with Gasteiger partial charge in [0.25, 0.3) is 0 Å². The van der Waals surface area contributed by atoms with E-state index in [0.717, 1.165) is 0 Å². The molecule has 0 atom stereocenters. The second-order valence-corrected chi connectivity index (χ2v) is 4.32. The highest BCUT2D eigenvalue weighted by Crippen LogP contribution is 2.23. The van der Waals surface area contributed by atoms with Gasteiger partial charge in [0.15, 0.2) is 0 Å². The van der Waals surface area contributed by atoms with Gasteiger partial charge in [-0.2, -0.15) is 0 Å². The molecule has 0 amide bonds. The van der Waals surface area contributed by atoms with E-state index in [4.69, 9.17) is 10.2 Å². The molecule has 0 aromatic heterocycles. The fourth-order valence-electron chi connectivity index (χ4n) is 1.70. The summed E-state index contributed by atoms with van der Waals surface area (Å²) >= 11 is 0. The van der Waals surface area contributed by atoms with Crippen LogP contribution in [0.2, 0.25) is 0 Å². The average molecular weight is 274 g/mol. The number of aromatic carboxylic acids is 2. The summed E-state index contributed by atoms with van der Waals surface area (Å²) in [7, 11) is 0. The maximum atomic E-state index is 11.0. The average Bonchev–Trinajstić information content (AvgIpc) is 2.45. The third-order valence-corrected chi connectivity index (χ3v) is 2.87. The number of benzene rings is 2. The molecular formula is C16H18O4. The number of fused-ring (bicyclic) bond motifs is 1. The molecule has 2 N–H and O–H groups in total. The van der Waals surface area contributed by atoms with E-state index in [-0.39, 0.29) is 16.5 Å². The summed E-state index contributed by atoms with van der Waals surface area (Å²) in [6.07, 6.45) is 2.64. The van der Waals surface area contributed by atoms with Gasteiger partial charge in [0, 0.05) is 5.39 Å². The minimum atomic E-state index is -1.13. The molecule has 2 aromatic carbocycles. The van der Waals surface area contributed by atoms with Crippen LogP contribution in [0.25, 0.3) is 10.8 Å². The lowest BCUT2D eigenvalue weighted by atomic mass is 9.99. The SMILES string of the molecule is CCCC.O=C(O)c1cccc2cccc(C(=O)O)c12. The van der Waals surface area contributed by atoms with E-state index in [9.17, 15) is 9.59 Å². The van der Waals surface area contributed by atoms with Gasteiger partial charge in [0.05, 0.1) is 11.1 Å². The van der Waals surface area contributed by atoms with Crippen molar-refractivity contribution in [2.45, 2.75) is 26.7 Å². The fourth-order valence-corrected chi connectivity index (χ4v) is 1.70. The summed E-state index contributed by atoms with van der Waals surface area (Å²) in [5.74, 6) is -2.25. The van der Waals surface area contributed by atoms with Crippen LogP contribution in [0.1, 0.15) is 47.4 Å². The van der Waals surface area contributed by atoms with E-state index in [1.807, 2.05) is 0 Å². The van der Waals surface area contributed by atoms with Crippen LogP contribution in [0.3, 0.4) is 0 Å². The van der Waals surface area contributed by atoms with Gasteiger partial charge in [0.1, 0.15) is 0 Å². The Bertz CT molecular complexity index is 566. The first-order chi connectivity index (χ1) is 9.52. The number of carboxylic acids is 2. The largest absolute Gasteiger partial charge is 0.478 e. The summed E-state index contributed by atoms with van der Waals surface area (Å²) in [5, 5.41) is 18.9. The minimum Gasteiger partial charge on any atom is -0.478 e. The van der Waals surface area contributed by atoms with Crippen LogP contribution < -0.4 is 0 Å². The lowest BCUT2D eigenvalue weighted by Crippen LogP contribution is -2.03. The van der Waals surface area contributed by atoms with Gasteiger partial charge in [0.2, 0.25) is 0 Å². The van der Waals surface area contributed by atoms with Crippen molar-refractivity contribution in [1.29, 1.82) is 0 Å². The molecule has 0 aliphatic heterocycles. The quantitative estimate of drug-likeness (QED) is 0.885. The second-order valence-electron chi connectivity index (χ2n) is 4.32. The maximum absolute atomic E-state index is 11.0. The van der Waals surface area contributed by atoms with Crippen molar-refractivity contribution in [3.63, 3.8) is 0 Å². The highest BCUT2D eigenvalue weighted by Gasteiger charge is 2.15. The van der Waals surface area contributed by atoms with Crippen molar-refractivity contribution in [2.75, 3.05) is 0 Å². The summed E-state index contributed by atoms with van der Waals surface area (Å²) in [5.41, 5.74) is 0.0194. The third-order valence-electron chi connectivity index (χ3n) is 2.87. The zero-order valence-corrected chi connectivity index (χ0v) is 11.6. The lowest BCUT2D eigenvalue weighted by Gasteiger charge is -2.05. The molecule has 20 heavy (non-hydrogen) atoms. The number of unbranched alkanes of at least 4 members (excludes halogenated alkanes) is 1. The molecule has 2 aromatic rings. The third kappa shape index (κ3) is 3.57. The molecule has 0 spiro atoms. The van der Waals surface area contributed by atoms with Crippen LogP contribution in [-0.2, 0) is 0 Å². The summed E-state index contributed by atoms with van der Waals surface area (Å²) in [4.78, 5) is 22.0. The fraction of sp³-hybridized carbons (Fsp3) is 0.250. The molecule has 4 heteroatoms. The minimum absolute atomic E-state index is 0.00972. The van der Waals surface area contributed by atoms with Crippen molar-refractivity contribution < 1.29 is 19.8 Å². The molecule has 106 valence electrons. The highest BCUT2D eigenvalue weighted by atomic mass is 16.4. The zero-order chi connectivity index (χ0) is 15.1. The topological polar surface area (TPSA) is 74.6 Å². The Morgan fingerprint density at radius 3 is 1.55 bits per heavy atom. The molecular weight excluding hydrogens is 256 g/mol. The Morgan fingerprint density at radius 1 is 0.850 bits per heavy atom. The molecule has 2 rings (SSSR count). The number of carbonyl (C=O) groups is 2. The van der Waals surface area contributed by atoms with E-state index >= 15 is 0 Å². The number of carboxylic acid groups (broad SMARTS) is 2. The maximum Gasteiger partial charge on any atom is 0.336 e. The predicted octanol–water partition coefficient (Wildman–Crippen LogP) is 4.04. The summed E-state index contributed by atoms with van der Waals surface area (Å²) in [6.45, 7) is 4.36. The van der Waals surface area contributed by atoms with Crippen LogP contribution in [-0.4, -0.2) is 22.2 Å². The van der Waals surface area contributed by atoms with Crippen LogP contribution >= 0.6 is 0 Å². The molecule has 4 nitrogen and oxygen atoms in total. The summed E-state index contributed by atoms with van der Waals surface area (Å²) < 4.78 is 0. The molecule has 0 bridgehead atoms. The van der Waals surface area contributed by atoms with Crippen LogP contribution in [0.15, 0.2) is 36.4 Å². The number of hydrogen-bond donors (Lipinski definition) is 2. The Balaban J connectivity index is 0.000000444. The smallest absolute Gasteiger partial charge is 0.336 e. The Kier molecular flexibility index (Phi) is 5.72. The van der Waals surface area contributed by atoms with Crippen LogP contribution in [0.5, 0.6) is 0 Å². The molecule has 0 aliphatic carbocycles. The molecule has 0 saturated carbocycles. The standard InChI is InChI=1S/C12H8O4.C4H10/c13-11(14)8-5-1-3-7-4-2-6-9(10(7)8)12(15)16;1-3-4-2/h1-6H,(H,13,14)(H,15,16);3-4H2,1-2H3. The predicted molar refractivity (Wildman–Crippen MR) is 78.4 cm³/mol. The Morgan fingerprint density at radius 2 is 1.25 bits per heavy atom. The molecule has 0 heterocycles. The van der Waals surface area contributed by atoms with Gasteiger partial charge >= 0.3 is 11.9 Å². The normalized spacial score (nSPS) is 9.70. The van der Waals surface area contributed by atoms with Crippen molar-refractivity contribution in [2.24, 2.45) is 0 Å². The highest BCUT2D eigenvalue weighted by molar-refractivity contribution is 6.12. The molecule has 0 radical (unpaired) electrons. The van der Waals surface area contributed by atoms with Crippen LogP contribution in [0.4, 0.5) is 0 Å². The van der Waals surface area contributed by atoms with Crippen molar-refractivity contribution in [3.8, 4) is 0 Å². The monoisotopic (exact) mass is 274 g/mol. The van der Waals surface area contributed by atoms with Crippen LogP contribution in [0, 0.1) is 0 Å². The first-order valence-corrected chi connectivity index (χ1v) is 6.51. The molecule has 0 aliphatic rings. The Hall–Kier alpha value is -2.36. The van der Waals surface area contributed by atoms with E-state index < -0.39 is 11.9 Å². The zero-order valence-electron chi connectivity index (χ0n) is 11.6. The van der Waals surface area contributed by atoms with E-state index in [1.165, 1.54) is 25.0 Å². The second kappa shape index (κ2) is 7.28. The lowest BCUT2D eigenvalue weighted by molar-refractivity contribution is 0.0695. The summed E-state index contributed by atoms with van der Waals surface area (Å²) in [6, 6.07) is 9.37. The van der Waals surface area contributed by atoms with Gasteiger partial charge in [-0.25, -0.2) is 9.59 Å². The first kappa shape index (κ1) is 15.7. The van der Waals surface area contributed by atoms with Gasteiger partial charge in [-0.1, -0.05) is 51.0 Å². The van der Waals surface area contributed by atoms with E-state index in [2.05, 4.69) is 13.8 Å². The Labute approximate surface area is 117 Å². The first-order valence-electron chi connectivity index (χ1n) is 6.51. The molecule has 0 unspecified atom stereocenters. The van der Waals surface area contributed by atoms with Crippen molar-refractivity contribution in [3.05, 3.63) is 47.5 Å². The van der Waals surface area contributed by atoms with Crippen molar-refractivity contribution >= 4 is 22.7 Å². The number of rotatable bonds is 3. The van der Waals surface area contributed by atoms with Gasteiger partial charge in [-0.15, -0.1) is 0 Å². The molecule has 0 fully saturated rings. The number of hydrogen-bond acceptors (Lipinski definition) is 2. The molecule has 0 saturated heterocycles. The van der Waals surface area contributed by atoms with Gasteiger partial charge in [-0.05, 0) is 17.5 Å².